The Morgan fingerprint density at radius 3 is 2.94 bits per heavy atom. The molecule has 0 bridgehead atoms. The molecule has 0 saturated carbocycles. The predicted molar refractivity (Wildman–Crippen MR) is 65.8 cm³/mol. The van der Waals surface area contributed by atoms with Gasteiger partial charge in [-0.25, -0.2) is 0 Å². The fourth-order valence-electron chi connectivity index (χ4n) is 2.24. The van der Waals surface area contributed by atoms with Gasteiger partial charge in [0.05, 0.1) is 11.8 Å². The highest BCUT2D eigenvalue weighted by Crippen LogP contribution is 2.18. The number of aromatic nitrogens is 2. The maximum absolute atomic E-state index is 12.0. The minimum atomic E-state index is 0.0978. The summed E-state index contributed by atoms with van der Waals surface area (Å²) in [6.45, 7) is 5.94. The number of likely N-dealkylation sites (tertiary alicyclic amines) is 1. The van der Waals surface area contributed by atoms with Crippen LogP contribution < -0.4 is 5.32 Å². The summed E-state index contributed by atoms with van der Waals surface area (Å²) in [7, 11) is 0. The summed E-state index contributed by atoms with van der Waals surface area (Å²) in [5, 5.41) is 9.86. The number of hydrogen-bond donors (Lipinski definition) is 2. The van der Waals surface area contributed by atoms with Crippen LogP contribution in [-0.4, -0.2) is 47.2 Å². The van der Waals surface area contributed by atoms with Crippen LogP contribution >= 0.6 is 0 Å². The number of hydrogen-bond acceptors (Lipinski definition) is 3. The van der Waals surface area contributed by atoms with Crippen LogP contribution in [0.4, 0.5) is 0 Å². The lowest BCUT2D eigenvalue weighted by Gasteiger charge is -2.31. The van der Waals surface area contributed by atoms with Gasteiger partial charge in [0.15, 0.2) is 0 Å². The zero-order chi connectivity index (χ0) is 12.1. The minimum absolute atomic E-state index is 0.0978. The standard InChI is InChI=1S/C12H20N4O/c1-2-13-7-10-3-5-16(6-4-10)12(17)11-8-14-15-9-11/h8-10,13H,2-7H2,1H3,(H,14,15). The summed E-state index contributed by atoms with van der Waals surface area (Å²) >= 11 is 0. The molecule has 2 N–H and O–H groups in total. The molecule has 5 heteroatoms. The molecule has 94 valence electrons. The van der Waals surface area contributed by atoms with Crippen LogP contribution in [0.2, 0.25) is 0 Å². The number of nitrogens with one attached hydrogen (secondary N) is 2. The average molecular weight is 236 g/mol. The summed E-state index contributed by atoms with van der Waals surface area (Å²) in [5.41, 5.74) is 0.662. The summed E-state index contributed by atoms with van der Waals surface area (Å²) in [5.74, 6) is 0.809. The number of amides is 1. The van der Waals surface area contributed by atoms with Crippen molar-refractivity contribution in [2.45, 2.75) is 19.8 Å². The van der Waals surface area contributed by atoms with E-state index in [1.54, 1.807) is 12.4 Å². The van der Waals surface area contributed by atoms with Gasteiger partial charge in [-0.2, -0.15) is 5.10 Å². The van der Waals surface area contributed by atoms with Gasteiger partial charge in [-0.15, -0.1) is 0 Å². The van der Waals surface area contributed by atoms with Crippen LogP contribution in [0.15, 0.2) is 12.4 Å². The van der Waals surface area contributed by atoms with Gasteiger partial charge in [0.1, 0.15) is 0 Å². The molecule has 0 aliphatic carbocycles. The average Bonchev–Trinajstić information content (AvgIpc) is 2.90. The van der Waals surface area contributed by atoms with Crippen LogP contribution in [0.25, 0.3) is 0 Å². The molecule has 1 saturated heterocycles. The Morgan fingerprint density at radius 2 is 2.35 bits per heavy atom. The van der Waals surface area contributed by atoms with Crippen molar-refractivity contribution in [3.8, 4) is 0 Å². The van der Waals surface area contributed by atoms with Crippen molar-refractivity contribution >= 4 is 5.91 Å². The zero-order valence-electron chi connectivity index (χ0n) is 10.3. The number of rotatable bonds is 4. The number of H-pyrrole nitrogens is 1. The molecule has 0 atom stereocenters. The molecular weight excluding hydrogens is 216 g/mol. The first kappa shape index (κ1) is 12.1. The second kappa shape index (κ2) is 5.82. The van der Waals surface area contributed by atoms with Crippen molar-refractivity contribution in [2.24, 2.45) is 5.92 Å². The lowest BCUT2D eigenvalue weighted by atomic mass is 9.96. The van der Waals surface area contributed by atoms with E-state index in [1.807, 2.05) is 4.90 Å². The molecule has 2 heterocycles. The molecule has 0 aromatic carbocycles. The Bertz CT molecular complexity index is 341. The molecule has 1 amide bonds. The van der Waals surface area contributed by atoms with Crippen molar-refractivity contribution in [1.82, 2.24) is 20.4 Å². The molecule has 17 heavy (non-hydrogen) atoms. The lowest BCUT2D eigenvalue weighted by molar-refractivity contribution is 0.0690. The van der Waals surface area contributed by atoms with E-state index >= 15 is 0 Å². The Balaban J connectivity index is 1.81. The van der Waals surface area contributed by atoms with E-state index in [2.05, 4.69) is 22.4 Å². The molecule has 0 unspecified atom stereocenters. The van der Waals surface area contributed by atoms with Crippen LogP contribution in [-0.2, 0) is 0 Å². The highest BCUT2D eigenvalue weighted by Gasteiger charge is 2.23. The van der Waals surface area contributed by atoms with Gasteiger partial charge in [0.2, 0.25) is 0 Å². The fraction of sp³-hybridized carbons (Fsp3) is 0.667. The van der Waals surface area contributed by atoms with Gasteiger partial charge in [0, 0.05) is 19.3 Å². The van der Waals surface area contributed by atoms with E-state index in [-0.39, 0.29) is 5.91 Å². The third-order valence-corrected chi connectivity index (χ3v) is 3.33. The van der Waals surface area contributed by atoms with Crippen molar-refractivity contribution in [1.29, 1.82) is 0 Å². The number of carbonyl (C=O) groups excluding carboxylic acids is 1. The number of aromatic amines is 1. The SMILES string of the molecule is CCNCC1CCN(C(=O)c2cn[nH]c2)CC1. The molecule has 0 radical (unpaired) electrons. The van der Waals surface area contributed by atoms with Crippen LogP contribution in [0.3, 0.4) is 0 Å². The second-order valence-electron chi connectivity index (χ2n) is 4.53. The van der Waals surface area contributed by atoms with Crippen LogP contribution in [0.5, 0.6) is 0 Å². The van der Waals surface area contributed by atoms with Crippen molar-refractivity contribution in [2.75, 3.05) is 26.2 Å². The molecule has 1 aliphatic heterocycles. The maximum Gasteiger partial charge on any atom is 0.257 e. The molecule has 5 nitrogen and oxygen atoms in total. The van der Waals surface area contributed by atoms with E-state index in [0.717, 1.165) is 39.0 Å². The summed E-state index contributed by atoms with van der Waals surface area (Å²) in [6.07, 6.45) is 5.44. The first-order valence-electron chi connectivity index (χ1n) is 6.30. The van der Waals surface area contributed by atoms with Crippen LogP contribution in [0, 0.1) is 5.92 Å². The van der Waals surface area contributed by atoms with E-state index in [4.69, 9.17) is 0 Å². The molecule has 1 aliphatic rings. The summed E-state index contributed by atoms with van der Waals surface area (Å²) < 4.78 is 0. The Kier molecular flexibility index (Phi) is 4.14. The maximum atomic E-state index is 12.0. The highest BCUT2D eigenvalue weighted by molar-refractivity contribution is 5.93. The first-order valence-corrected chi connectivity index (χ1v) is 6.30. The lowest BCUT2D eigenvalue weighted by Crippen LogP contribution is -2.40. The van der Waals surface area contributed by atoms with Gasteiger partial charge < -0.3 is 10.2 Å². The van der Waals surface area contributed by atoms with E-state index < -0.39 is 0 Å². The Hall–Kier alpha value is -1.36. The van der Waals surface area contributed by atoms with Crippen LogP contribution in [0.1, 0.15) is 30.1 Å². The fourth-order valence-corrected chi connectivity index (χ4v) is 2.24. The molecular formula is C12H20N4O. The molecule has 1 aromatic rings. The number of carbonyl (C=O) groups is 1. The zero-order valence-corrected chi connectivity index (χ0v) is 10.3. The smallest absolute Gasteiger partial charge is 0.257 e. The van der Waals surface area contributed by atoms with E-state index in [9.17, 15) is 4.79 Å². The monoisotopic (exact) mass is 236 g/mol. The number of piperidine rings is 1. The predicted octanol–water partition coefficient (Wildman–Crippen LogP) is 0.871. The Morgan fingerprint density at radius 1 is 1.59 bits per heavy atom. The Labute approximate surface area is 102 Å². The normalized spacial score (nSPS) is 17.4. The van der Waals surface area contributed by atoms with Gasteiger partial charge in [0.25, 0.3) is 5.91 Å². The van der Waals surface area contributed by atoms with Gasteiger partial charge >= 0.3 is 0 Å². The van der Waals surface area contributed by atoms with Crippen molar-refractivity contribution in [3.05, 3.63) is 18.0 Å². The first-order chi connectivity index (χ1) is 8.31. The third-order valence-electron chi connectivity index (χ3n) is 3.33. The highest BCUT2D eigenvalue weighted by atomic mass is 16.2. The van der Waals surface area contributed by atoms with E-state index in [0.29, 0.717) is 11.5 Å². The van der Waals surface area contributed by atoms with Crippen molar-refractivity contribution in [3.63, 3.8) is 0 Å². The molecule has 1 aromatic heterocycles. The largest absolute Gasteiger partial charge is 0.339 e. The quantitative estimate of drug-likeness (QED) is 0.815. The van der Waals surface area contributed by atoms with Gasteiger partial charge in [-0.3, -0.25) is 9.89 Å². The molecule has 0 spiro atoms. The van der Waals surface area contributed by atoms with Gasteiger partial charge in [-0.05, 0) is 31.8 Å². The van der Waals surface area contributed by atoms with Gasteiger partial charge in [-0.1, -0.05) is 6.92 Å². The number of nitrogens with zero attached hydrogens (tertiary/aromatic N) is 2. The topological polar surface area (TPSA) is 61.0 Å². The molecule has 1 fully saturated rings. The molecule has 2 rings (SSSR count). The van der Waals surface area contributed by atoms with E-state index in [1.165, 1.54) is 0 Å². The second-order valence-corrected chi connectivity index (χ2v) is 4.53. The third kappa shape index (κ3) is 3.06. The van der Waals surface area contributed by atoms with Crippen molar-refractivity contribution < 1.29 is 4.79 Å². The minimum Gasteiger partial charge on any atom is -0.339 e. The summed E-state index contributed by atoms with van der Waals surface area (Å²) in [4.78, 5) is 14.0. The summed E-state index contributed by atoms with van der Waals surface area (Å²) in [6, 6.07) is 0.